The fourth-order valence-electron chi connectivity index (χ4n) is 6.49. The van der Waals surface area contributed by atoms with Crippen LogP contribution in [-0.2, 0) is 0 Å². The van der Waals surface area contributed by atoms with E-state index in [9.17, 15) is 0 Å². The van der Waals surface area contributed by atoms with Crippen LogP contribution in [0.5, 0.6) is 0 Å². The second-order valence-corrected chi connectivity index (χ2v) is 13.1. The summed E-state index contributed by atoms with van der Waals surface area (Å²) in [5.41, 5.74) is 9.78. The van der Waals surface area contributed by atoms with Gasteiger partial charge in [0.1, 0.15) is 0 Å². The van der Waals surface area contributed by atoms with Crippen LogP contribution in [0, 0.1) is 0 Å². The lowest BCUT2D eigenvalue weighted by Gasteiger charge is -2.12. The lowest BCUT2D eigenvalue weighted by molar-refractivity contribution is 1.07. The SMILES string of the molecule is c1ccc(-c2nc(-c3ccc(-c4cccc(-c5ccc6sc7ccccc7c6c5)c4)cc3)nc(-c3ccccc3-c3ccccc3)n2)cc1. The highest BCUT2D eigenvalue weighted by Crippen LogP contribution is 2.37. The molecule has 0 saturated heterocycles. The standard InChI is InChI=1S/C45H29N3S/c1-3-12-31(13-4-1)37-18-7-8-20-39(37)45-47-43(32-14-5-2-6-15-32)46-44(48-45)33-24-22-30(23-25-33)34-16-11-17-35(28-34)36-26-27-42-40(29-36)38-19-9-10-21-41(38)49-42/h1-29H. The van der Waals surface area contributed by atoms with Crippen LogP contribution in [0.25, 0.3) is 87.7 Å². The Bertz CT molecular complexity index is 2590. The third-order valence-electron chi connectivity index (χ3n) is 8.97. The highest BCUT2D eigenvalue weighted by atomic mass is 32.1. The minimum Gasteiger partial charge on any atom is -0.208 e. The molecule has 9 rings (SSSR count). The van der Waals surface area contributed by atoms with Crippen LogP contribution >= 0.6 is 11.3 Å². The summed E-state index contributed by atoms with van der Waals surface area (Å²) in [5.74, 6) is 1.94. The molecule has 2 aromatic heterocycles. The molecule has 0 aliphatic rings. The van der Waals surface area contributed by atoms with E-state index >= 15 is 0 Å². The summed E-state index contributed by atoms with van der Waals surface area (Å²) >= 11 is 1.85. The maximum atomic E-state index is 5.06. The molecular formula is C45H29N3S. The number of hydrogen-bond acceptors (Lipinski definition) is 4. The second-order valence-electron chi connectivity index (χ2n) is 12.1. The maximum absolute atomic E-state index is 5.06. The Balaban J connectivity index is 1.09. The lowest BCUT2D eigenvalue weighted by atomic mass is 9.97. The van der Waals surface area contributed by atoms with Crippen LogP contribution in [0.15, 0.2) is 176 Å². The van der Waals surface area contributed by atoms with Crippen LogP contribution in [0.3, 0.4) is 0 Å². The van der Waals surface area contributed by atoms with Gasteiger partial charge in [-0.15, -0.1) is 11.3 Å². The molecule has 7 aromatic carbocycles. The monoisotopic (exact) mass is 643 g/mol. The molecule has 0 unspecified atom stereocenters. The summed E-state index contributed by atoms with van der Waals surface area (Å²) < 4.78 is 2.64. The van der Waals surface area contributed by atoms with Crippen molar-refractivity contribution in [3.63, 3.8) is 0 Å². The Morgan fingerprint density at radius 3 is 1.53 bits per heavy atom. The van der Waals surface area contributed by atoms with Crippen LogP contribution in [-0.4, -0.2) is 15.0 Å². The Morgan fingerprint density at radius 2 is 0.776 bits per heavy atom. The maximum Gasteiger partial charge on any atom is 0.164 e. The van der Waals surface area contributed by atoms with Crippen molar-refractivity contribution in [2.45, 2.75) is 0 Å². The summed E-state index contributed by atoms with van der Waals surface area (Å²) in [6.07, 6.45) is 0. The number of rotatable bonds is 6. The van der Waals surface area contributed by atoms with Crippen molar-refractivity contribution in [2.75, 3.05) is 0 Å². The van der Waals surface area contributed by atoms with E-state index in [1.165, 1.54) is 31.3 Å². The molecule has 0 amide bonds. The van der Waals surface area contributed by atoms with Gasteiger partial charge in [-0.3, -0.25) is 0 Å². The first kappa shape index (κ1) is 29.0. The van der Waals surface area contributed by atoms with Crippen molar-refractivity contribution >= 4 is 31.5 Å². The molecule has 0 saturated carbocycles. The smallest absolute Gasteiger partial charge is 0.164 e. The predicted octanol–water partition coefficient (Wildman–Crippen LogP) is 12.2. The Kier molecular flexibility index (Phi) is 7.34. The van der Waals surface area contributed by atoms with Crippen LogP contribution < -0.4 is 0 Å². The van der Waals surface area contributed by atoms with Gasteiger partial charge in [0.25, 0.3) is 0 Å². The number of aromatic nitrogens is 3. The highest BCUT2D eigenvalue weighted by molar-refractivity contribution is 7.25. The molecule has 4 heteroatoms. The zero-order chi connectivity index (χ0) is 32.6. The molecule has 230 valence electrons. The van der Waals surface area contributed by atoms with Gasteiger partial charge in [0.15, 0.2) is 17.5 Å². The van der Waals surface area contributed by atoms with Gasteiger partial charge >= 0.3 is 0 Å². The van der Waals surface area contributed by atoms with Crippen LogP contribution in [0.4, 0.5) is 0 Å². The van der Waals surface area contributed by atoms with E-state index in [2.05, 4.69) is 133 Å². The van der Waals surface area contributed by atoms with Crippen molar-refractivity contribution < 1.29 is 0 Å². The van der Waals surface area contributed by atoms with Crippen molar-refractivity contribution in [1.29, 1.82) is 0 Å². The molecule has 0 aliphatic heterocycles. The molecular weight excluding hydrogens is 615 g/mol. The van der Waals surface area contributed by atoms with Gasteiger partial charge in [-0.05, 0) is 57.6 Å². The van der Waals surface area contributed by atoms with Gasteiger partial charge in [-0.1, -0.05) is 152 Å². The van der Waals surface area contributed by atoms with Crippen molar-refractivity contribution in [3.8, 4) is 67.5 Å². The molecule has 0 aliphatic carbocycles. The number of hydrogen-bond donors (Lipinski definition) is 0. The van der Waals surface area contributed by atoms with E-state index in [1.54, 1.807) is 0 Å². The number of benzene rings is 7. The minimum atomic E-state index is 0.642. The molecule has 0 radical (unpaired) electrons. The summed E-state index contributed by atoms with van der Waals surface area (Å²) in [4.78, 5) is 15.0. The molecule has 2 heterocycles. The molecule has 0 N–H and O–H groups in total. The zero-order valence-electron chi connectivity index (χ0n) is 26.5. The fraction of sp³-hybridized carbons (Fsp3) is 0. The Morgan fingerprint density at radius 1 is 0.286 bits per heavy atom. The first-order valence-electron chi connectivity index (χ1n) is 16.4. The average molecular weight is 644 g/mol. The van der Waals surface area contributed by atoms with E-state index in [4.69, 9.17) is 15.0 Å². The summed E-state index contributed by atoms with van der Waals surface area (Å²) in [7, 11) is 0. The average Bonchev–Trinajstić information content (AvgIpc) is 3.57. The number of thiophene rings is 1. The summed E-state index contributed by atoms with van der Waals surface area (Å²) in [6.45, 7) is 0. The van der Waals surface area contributed by atoms with Gasteiger partial charge in [-0.2, -0.15) is 0 Å². The third kappa shape index (κ3) is 5.58. The molecule has 0 fully saturated rings. The number of nitrogens with zero attached hydrogens (tertiary/aromatic N) is 3. The van der Waals surface area contributed by atoms with Crippen LogP contribution in [0.2, 0.25) is 0 Å². The van der Waals surface area contributed by atoms with E-state index < -0.39 is 0 Å². The first-order chi connectivity index (χ1) is 24.3. The van der Waals surface area contributed by atoms with Crippen molar-refractivity contribution in [2.24, 2.45) is 0 Å². The van der Waals surface area contributed by atoms with Gasteiger partial charge < -0.3 is 0 Å². The van der Waals surface area contributed by atoms with E-state index in [-0.39, 0.29) is 0 Å². The molecule has 0 bridgehead atoms. The first-order valence-corrected chi connectivity index (χ1v) is 17.2. The van der Waals surface area contributed by atoms with Gasteiger partial charge in [0, 0.05) is 36.9 Å². The van der Waals surface area contributed by atoms with E-state index in [0.717, 1.165) is 38.9 Å². The molecule has 0 spiro atoms. The Hall–Kier alpha value is -6.23. The summed E-state index contributed by atoms with van der Waals surface area (Å²) in [6, 6.07) is 61.6. The predicted molar refractivity (Wildman–Crippen MR) is 205 cm³/mol. The highest BCUT2D eigenvalue weighted by Gasteiger charge is 2.16. The minimum absolute atomic E-state index is 0.642. The third-order valence-corrected chi connectivity index (χ3v) is 10.1. The largest absolute Gasteiger partial charge is 0.208 e. The van der Waals surface area contributed by atoms with Crippen molar-refractivity contribution in [1.82, 2.24) is 15.0 Å². The van der Waals surface area contributed by atoms with Gasteiger partial charge in [0.05, 0.1) is 0 Å². The van der Waals surface area contributed by atoms with Crippen LogP contribution in [0.1, 0.15) is 0 Å². The van der Waals surface area contributed by atoms with E-state index in [0.29, 0.717) is 17.5 Å². The molecule has 9 aromatic rings. The normalized spacial score (nSPS) is 11.3. The topological polar surface area (TPSA) is 38.7 Å². The molecule has 0 atom stereocenters. The molecule has 49 heavy (non-hydrogen) atoms. The molecule has 3 nitrogen and oxygen atoms in total. The van der Waals surface area contributed by atoms with Gasteiger partial charge in [0.2, 0.25) is 0 Å². The quantitative estimate of drug-likeness (QED) is 0.181. The lowest BCUT2D eigenvalue weighted by Crippen LogP contribution is -2.01. The fourth-order valence-corrected chi connectivity index (χ4v) is 7.57. The van der Waals surface area contributed by atoms with E-state index in [1.807, 2.05) is 53.8 Å². The Labute approximate surface area is 288 Å². The number of fused-ring (bicyclic) bond motifs is 3. The van der Waals surface area contributed by atoms with Crippen molar-refractivity contribution in [3.05, 3.63) is 176 Å². The van der Waals surface area contributed by atoms with Gasteiger partial charge in [-0.25, -0.2) is 15.0 Å². The second kappa shape index (κ2) is 12.4. The zero-order valence-corrected chi connectivity index (χ0v) is 27.3. The summed E-state index contributed by atoms with van der Waals surface area (Å²) in [5, 5.41) is 2.63.